The van der Waals surface area contributed by atoms with Crippen LogP contribution in [0.1, 0.15) is 18.9 Å². The van der Waals surface area contributed by atoms with Crippen LogP contribution in [0.4, 0.5) is 11.4 Å². The van der Waals surface area contributed by atoms with E-state index in [1.807, 2.05) is 18.2 Å². The highest BCUT2D eigenvalue weighted by Crippen LogP contribution is 2.22. The van der Waals surface area contributed by atoms with Crippen LogP contribution in [0.3, 0.4) is 0 Å². The van der Waals surface area contributed by atoms with Gasteiger partial charge in [-0.05, 0) is 72.3 Å². The maximum absolute atomic E-state index is 12.0. The Bertz CT molecular complexity index is 947. The summed E-state index contributed by atoms with van der Waals surface area (Å²) in [4.78, 5) is 35.9. The molecule has 0 aliphatic carbocycles. The highest BCUT2D eigenvalue weighted by molar-refractivity contribution is 14.1. The van der Waals surface area contributed by atoms with E-state index in [-0.39, 0.29) is 12.3 Å². The second-order valence-corrected chi connectivity index (χ2v) is 7.54. The molecule has 0 bridgehead atoms. The van der Waals surface area contributed by atoms with Crippen LogP contribution in [0.15, 0.2) is 47.6 Å². The van der Waals surface area contributed by atoms with E-state index in [9.17, 15) is 14.4 Å². The number of amides is 3. The molecule has 3 amide bonds. The first-order valence-electron chi connectivity index (χ1n) is 8.21. The van der Waals surface area contributed by atoms with E-state index in [2.05, 4.69) is 43.8 Å². The van der Waals surface area contributed by atoms with Gasteiger partial charge in [0.25, 0.3) is 0 Å². The zero-order valence-electron chi connectivity index (χ0n) is 15.2. The number of anilines is 2. The zero-order chi connectivity index (χ0) is 20.7. The quantitative estimate of drug-likeness (QED) is 0.246. The van der Waals surface area contributed by atoms with E-state index >= 15 is 0 Å². The van der Waals surface area contributed by atoms with Gasteiger partial charge in [-0.25, -0.2) is 5.43 Å². The molecule has 2 aromatic carbocycles. The number of rotatable bonds is 5. The summed E-state index contributed by atoms with van der Waals surface area (Å²) >= 11 is 8.13. The van der Waals surface area contributed by atoms with Gasteiger partial charge in [-0.15, -0.1) is 0 Å². The lowest BCUT2D eigenvalue weighted by Crippen LogP contribution is -2.33. The number of nitrogens with one attached hydrogen (secondary N) is 3. The monoisotopic (exact) mass is 512 g/mol. The summed E-state index contributed by atoms with van der Waals surface area (Å²) in [5.41, 5.74) is 4.24. The van der Waals surface area contributed by atoms with Crippen molar-refractivity contribution in [2.75, 3.05) is 10.6 Å². The van der Waals surface area contributed by atoms with Crippen LogP contribution in [-0.4, -0.2) is 23.4 Å². The Hall–Kier alpha value is -2.46. The van der Waals surface area contributed by atoms with Gasteiger partial charge >= 0.3 is 11.8 Å². The molecule has 2 aromatic rings. The number of hydrogen-bond acceptors (Lipinski definition) is 4. The summed E-state index contributed by atoms with van der Waals surface area (Å²) in [6.45, 7) is 3.30. The molecule has 0 radical (unpaired) electrons. The van der Waals surface area contributed by atoms with Gasteiger partial charge in [0.05, 0.1) is 6.42 Å². The Labute approximate surface area is 181 Å². The SMILES string of the molecule is C/C(CC(=O)Nc1cccc(I)c1)=N\NC(=O)C(=O)Nc1cccc(Cl)c1C. The van der Waals surface area contributed by atoms with Gasteiger partial charge in [0, 0.05) is 25.7 Å². The van der Waals surface area contributed by atoms with Crippen LogP contribution in [0.25, 0.3) is 0 Å². The molecule has 0 aliphatic heterocycles. The molecule has 0 saturated carbocycles. The lowest BCUT2D eigenvalue weighted by molar-refractivity contribution is -0.136. The summed E-state index contributed by atoms with van der Waals surface area (Å²) < 4.78 is 0.994. The van der Waals surface area contributed by atoms with Gasteiger partial charge in [-0.2, -0.15) is 5.10 Å². The maximum Gasteiger partial charge on any atom is 0.329 e. The highest BCUT2D eigenvalue weighted by atomic mass is 127. The van der Waals surface area contributed by atoms with Crippen molar-refractivity contribution in [2.24, 2.45) is 5.10 Å². The molecule has 0 saturated heterocycles. The minimum absolute atomic E-state index is 0.0270. The standard InChI is InChI=1S/C19H18ClIN4O3/c1-11(9-17(26)22-14-6-3-5-13(21)10-14)24-25-19(28)18(27)23-16-8-4-7-15(20)12(16)2/h3-8,10H,9H2,1-2H3,(H,22,26)(H,23,27)(H,25,28)/b24-11+. The summed E-state index contributed by atoms with van der Waals surface area (Å²) in [7, 11) is 0. The second-order valence-electron chi connectivity index (χ2n) is 5.89. The predicted molar refractivity (Wildman–Crippen MR) is 118 cm³/mol. The number of carbonyl (C=O) groups is 3. The Kier molecular flexibility index (Phi) is 7.94. The van der Waals surface area contributed by atoms with Gasteiger partial charge in [0.15, 0.2) is 0 Å². The maximum atomic E-state index is 12.0. The first kappa shape index (κ1) is 21.8. The largest absolute Gasteiger partial charge is 0.329 e. The average molecular weight is 513 g/mol. The number of hydrogen-bond donors (Lipinski definition) is 3. The van der Waals surface area contributed by atoms with E-state index in [0.29, 0.717) is 27.7 Å². The van der Waals surface area contributed by atoms with Gasteiger partial charge < -0.3 is 10.6 Å². The van der Waals surface area contributed by atoms with E-state index < -0.39 is 11.8 Å². The van der Waals surface area contributed by atoms with E-state index in [1.54, 1.807) is 38.1 Å². The van der Waals surface area contributed by atoms with E-state index in [4.69, 9.17) is 11.6 Å². The van der Waals surface area contributed by atoms with Crippen LogP contribution < -0.4 is 16.1 Å². The van der Waals surface area contributed by atoms with Gasteiger partial charge in [0.2, 0.25) is 5.91 Å². The molecule has 146 valence electrons. The lowest BCUT2D eigenvalue weighted by Gasteiger charge is -2.09. The van der Waals surface area contributed by atoms with Crippen molar-refractivity contribution in [3.8, 4) is 0 Å². The van der Waals surface area contributed by atoms with Crippen LogP contribution in [-0.2, 0) is 14.4 Å². The molecule has 0 unspecified atom stereocenters. The summed E-state index contributed by atoms with van der Waals surface area (Å²) in [5.74, 6) is -2.11. The fourth-order valence-corrected chi connectivity index (χ4v) is 2.88. The molecule has 0 fully saturated rings. The van der Waals surface area contributed by atoms with Gasteiger partial charge in [0.1, 0.15) is 0 Å². The van der Waals surface area contributed by atoms with Crippen LogP contribution in [0, 0.1) is 10.5 Å². The van der Waals surface area contributed by atoms with Crippen molar-refractivity contribution in [3.63, 3.8) is 0 Å². The molecule has 0 heterocycles. The van der Waals surface area contributed by atoms with Crippen LogP contribution in [0.5, 0.6) is 0 Å². The summed E-state index contributed by atoms with van der Waals surface area (Å²) in [6, 6.07) is 12.3. The highest BCUT2D eigenvalue weighted by Gasteiger charge is 2.15. The second kappa shape index (κ2) is 10.2. The molecule has 0 aromatic heterocycles. The molecular weight excluding hydrogens is 495 g/mol. The minimum atomic E-state index is -0.947. The summed E-state index contributed by atoms with van der Waals surface area (Å²) in [5, 5.41) is 9.48. The van der Waals surface area contributed by atoms with E-state index in [0.717, 1.165) is 3.57 Å². The van der Waals surface area contributed by atoms with E-state index in [1.165, 1.54) is 0 Å². The molecule has 0 spiro atoms. The third-order valence-electron chi connectivity index (χ3n) is 3.60. The van der Waals surface area contributed by atoms with Crippen LogP contribution in [0.2, 0.25) is 5.02 Å². The Balaban J connectivity index is 1.87. The molecule has 2 rings (SSSR count). The molecule has 0 atom stereocenters. The minimum Gasteiger partial charge on any atom is -0.326 e. The molecule has 7 nitrogen and oxygen atoms in total. The predicted octanol–water partition coefficient (Wildman–Crippen LogP) is 3.71. The van der Waals surface area contributed by atoms with Gasteiger partial charge in [-0.3, -0.25) is 14.4 Å². The first-order chi connectivity index (χ1) is 13.3. The molecular formula is C19H18ClIN4O3. The lowest BCUT2D eigenvalue weighted by atomic mass is 10.2. The smallest absolute Gasteiger partial charge is 0.326 e. The van der Waals surface area contributed by atoms with Crippen LogP contribution >= 0.6 is 34.2 Å². The number of hydrazone groups is 1. The number of benzene rings is 2. The average Bonchev–Trinajstić information content (AvgIpc) is 2.63. The third kappa shape index (κ3) is 6.61. The molecule has 0 aliphatic rings. The van der Waals surface area contributed by atoms with Crippen molar-refractivity contribution in [3.05, 3.63) is 56.6 Å². The summed E-state index contributed by atoms with van der Waals surface area (Å²) in [6.07, 6.45) is -0.0270. The van der Waals surface area contributed by atoms with Crippen molar-refractivity contribution in [1.82, 2.24) is 5.43 Å². The molecule has 3 N–H and O–H groups in total. The number of carbonyl (C=O) groups excluding carboxylic acids is 3. The topological polar surface area (TPSA) is 99.7 Å². The number of nitrogens with zero attached hydrogens (tertiary/aromatic N) is 1. The van der Waals surface area contributed by atoms with Crippen molar-refractivity contribution in [2.45, 2.75) is 20.3 Å². The van der Waals surface area contributed by atoms with Crippen molar-refractivity contribution < 1.29 is 14.4 Å². The fourth-order valence-electron chi connectivity index (χ4n) is 2.16. The molecule has 9 heteroatoms. The Morgan fingerprint density at radius 2 is 1.79 bits per heavy atom. The van der Waals surface area contributed by atoms with Crippen molar-refractivity contribution >= 4 is 69.0 Å². The molecule has 28 heavy (non-hydrogen) atoms. The Morgan fingerprint density at radius 3 is 2.50 bits per heavy atom. The van der Waals surface area contributed by atoms with Gasteiger partial charge in [-0.1, -0.05) is 23.7 Å². The number of halogens is 2. The Morgan fingerprint density at radius 1 is 1.07 bits per heavy atom. The van der Waals surface area contributed by atoms with Crippen molar-refractivity contribution in [1.29, 1.82) is 0 Å². The fraction of sp³-hybridized carbons (Fsp3) is 0.158. The zero-order valence-corrected chi connectivity index (χ0v) is 18.1. The normalized spacial score (nSPS) is 10.9. The third-order valence-corrected chi connectivity index (χ3v) is 4.68. The first-order valence-corrected chi connectivity index (χ1v) is 9.67.